The number of rotatable bonds is 8. The lowest BCUT2D eigenvalue weighted by atomic mass is 9.94. The van der Waals surface area contributed by atoms with Gasteiger partial charge in [-0.3, -0.25) is 4.79 Å². The molecule has 0 fully saturated rings. The van der Waals surface area contributed by atoms with Gasteiger partial charge in [-0.25, -0.2) is 4.68 Å². The maximum absolute atomic E-state index is 13.7. The quantitative estimate of drug-likeness (QED) is 0.306. The Balaban J connectivity index is 1.47. The zero-order chi connectivity index (χ0) is 25.8. The molecule has 37 heavy (non-hydrogen) atoms. The van der Waals surface area contributed by atoms with E-state index in [-0.39, 0.29) is 5.91 Å². The second-order valence-corrected chi connectivity index (χ2v) is 8.84. The van der Waals surface area contributed by atoms with E-state index in [9.17, 15) is 4.79 Å². The Morgan fingerprint density at radius 1 is 1.08 bits per heavy atom. The first-order valence-corrected chi connectivity index (χ1v) is 12.3. The largest absolute Gasteiger partial charge is 0.492 e. The molecule has 1 unspecified atom stereocenters. The van der Waals surface area contributed by atoms with Gasteiger partial charge in [0, 0.05) is 16.3 Å². The van der Waals surface area contributed by atoms with Crippen LogP contribution in [0, 0.1) is 0 Å². The monoisotopic (exact) mass is 515 g/mol. The first kappa shape index (κ1) is 24.4. The van der Waals surface area contributed by atoms with E-state index in [1.807, 2.05) is 86.6 Å². The van der Waals surface area contributed by atoms with Crippen molar-refractivity contribution in [3.63, 3.8) is 0 Å². The molecule has 0 saturated heterocycles. The van der Waals surface area contributed by atoms with E-state index in [1.54, 1.807) is 4.68 Å². The Morgan fingerprint density at radius 3 is 2.73 bits per heavy atom. The molecule has 1 atom stereocenters. The number of hydrogen-bond donors (Lipinski definition) is 2. The number of fused-ring (bicyclic) bond motifs is 1. The van der Waals surface area contributed by atoms with Gasteiger partial charge in [-0.1, -0.05) is 54.1 Å². The molecule has 2 N–H and O–H groups in total. The molecule has 3 aromatic carbocycles. The zero-order valence-corrected chi connectivity index (χ0v) is 21.2. The predicted octanol–water partition coefficient (Wildman–Crippen LogP) is 5.84. The van der Waals surface area contributed by atoms with Crippen molar-refractivity contribution in [3.8, 4) is 11.5 Å². The Kier molecular flexibility index (Phi) is 7.09. The minimum absolute atomic E-state index is 0.273. The van der Waals surface area contributed by atoms with Gasteiger partial charge >= 0.3 is 0 Å². The average Bonchev–Trinajstić information content (AvgIpc) is 3.37. The Morgan fingerprint density at radius 2 is 1.89 bits per heavy atom. The Hall–Kier alpha value is -4.30. The normalized spacial score (nSPS) is 14.5. The number of hydrogen-bond acceptors (Lipinski definition) is 6. The van der Waals surface area contributed by atoms with Gasteiger partial charge in [0.2, 0.25) is 5.95 Å². The number of benzene rings is 3. The highest BCUT2D eigenvalue weighted by Crippen LogP contribution is 2.37. The van der Waals surface area contributed by atoms with Crippen molar-refractivity contribution in [2.24, 2.45) is 0 Å². The number of allylic oxidation sites excluding steroid dienone is 1. The van der Waals surface area contributed by atoms with E-state index in [0.29, 0.717) is 52.6 Å². The topological polar surface area (TPSA) is 90.3 Å². The lowest BCUT2D eigenvalue weighted by Crippen LogP contribution is -2.31. The lowest BCUT2D eigenvalue weighted by molar-refractivity contribution is -0.113. The molecule has 2 heterocycles. The van der Waals surface area contributed by atoms with Crippen LogP contribution in [0.2, 0.25) is 5.02 Å². The molecule has 188 valence electrons. The van der Waals surface area contributed by atoms with Gasteiger partial charge in [0.25, 0.3) is 5.91 Å². The van der Waals surface area contributed by atoms with Crippen LogP contribution in [0.4, 0.5) is 11.6 Å². The van der Waals surface area contributed by atoms with Crippen molar-refractivity contribution in [1.29, 1.82) is 0 Å². The molecule has 0 bridgehead atoms. The summed E-state index contributed by atoms with van der Waals surface area (Å²) in [7, 11) is 0. The van der Waals surface area contributed by atoms with E-state index in [1.165, 1.54) is 6.33 Å². The molecule has 1 aromatic heterocycles. The van der Waals surface area contributed by atoms with Crippen LogP contribution in [-0.4, -0.2) is 27.3 Å². The lowest BCUT2D eigenvalue weighted by Gasteiger charge is -2.29. The summed E-state index contributed by atoms with van der Waals surface area (Å²) in [6.07, 6.45) is 1.46. The summed E-state index contributed by atoms with van der Waals surface area (Å²) in [5.41, 5.74) is 3.49. The van der Waals surface area contributed by atoms with Crippen LogP contribution in [0.3, 0.4) is 0 Å². The van der Waals surface area contributed by atoms with Crippen molar-refractivity contribution in [3.05, 3.63) is 107 Å². The molecule has 0 aliphatic carbocycles. The second kappa shape index (κ2) is 10.8. The van der Waals surface area contributed by atoms with Crippen LogP contribution in [-0.2, 0) is 11.4 Å². The number of ether oxygens (including phenoxy) is 2. The number of nitrogens with one attached hydrogen (secondary N) is 2. The van der Waals surface area contributed by atoms with Crippen LogP contribution in [0.1, 0.15) is 31.0 Å². The fraction of sp³-hybridized carbons (Fsp3) is 0.179. The fourth-order valence-electron chi connectivity index (χ4n) is 4.29. The second-order valence-electron chi connectivity index (χ2n) is 8.43. The standard InChI is InChI=1S/C28H26ClN5O3/c1-3-36-24-14-7-6-13-23(24)33-27(35)25-18(2)32-28-30-17-31-34(28)26(25)19-10-8-11-21(15-19)37-16-20-9-4-5-12-22(20)29/h4-15,17,26H,3,16H2,1-2H3,(H,33,35)(H,30,31,32). The van der Waals surface area contributed by atoms with Gasteiger partial charge in [0.1, 0.15) is 30.5 Å². The molecular weight excluding hydrogens is 490 g/mol. The molecule has 0 saturated carbocycles. The highest BCUT2D eigenvalue weighted by molar-refractivity contribution is 6.31. The number of nitrogens with zero attached hydrogens (tertiary/aromatic N) is 3. The number of halogens is 1. The first-order valence-electron chi connectivity index (χ1n) is 11.9. The SMILES string of the molecule is CCOc1ccccc1NC(=O)C1=C(C)Nc2ncnn2C1c1cccc(OCc2ccccc2Cl)c1. The molecule has 4 aromatic rings. The van der Waals surface area contributed by atoms with Crippen LogP contribution in [0.15, 0.2) is 90.4 Å². The average molecular weight is 516 g/mol. The molecule has 1 aliphatic rings. The molecule has 0 radical (unpaired) electrons. The maximum atomic E-state index is 13.7. The number of aromatic nitrogens is 3. The molecule has 1 amide bonds. The number of amides is 1. The van der Waals surface area contributed by atoms with Crippen molar-refractivity contribution < 1.29 is 14.3 Å². The van der Waals surface area contributed by atoms with Crippen LogP contribution in [0.5, 0.6) is 11.5 Å². The highest BCUT2D eigenvalue weighted by Gasteiger charge is 2.34. The number of anilines is 2. The third-order valence-electron chi connectivity index (χ3n) is 6.00. The molecule has 5 rings (SSSR count). The summed E-state index contributed by atoms with van der Waals surface area (Å²) in [5, 5.41) is 11.3. The summed E-state index contributed by atoms with van der Waals surface area (Å²) in [5.74, 6) is 1.53. The molecular formula is C28H26ClN5O3. The van der Waals surface area contributed by atoms with Crippen LogP contribution >= 0.6 is 11.6 Å². The van der Waals surface area contributed by atoms with Crippen molar-refractivity contribution in [1.82, 2.24) is 14.8 Å². The smallest absolute Gasteiger partial charge is 0.255 e. The summed E-state index contributed by atoms with van der Waals surface area (Å²) in [6, 6.07) is 22.0. The van der Waals surface area contributed by atoms with Crippen molar-refractivity contribution in [2.75, 3.05) is 17.2 Å². The minimum atomic E-state index is -0.526. The molecule has 1 aliphatic heterocycles. The maximum Gasteiger partial charge on any atom is 0.255 e. The predicted molar refractivity (Wildman–Crippen MR) is 143 cm³/mol. The van der Waals surface area contributed by atoms with E-state index in [0.717, 1.165) is 11.1 Å². The molecule has 9 heteroatoms. The Bertz CT molecular complexity index is 1470. The van der Waals surface area contributed by atoms with Gasteiger partial charge in [0.05, 0.1) is 17.9 Å². The van der Waals surface area contributed by atoms with Crippen molar-refractivity contribution >= 4 is 29.1 Å². The minimum Gasteiger partial charge on any atom is -0.492 e. The van der Waals surface area contributed by atoms with E-state index in [2.05, 4.69) is 20.7 Å². The number of carbonyl (C=O) groups is 1. The first-order chi connectivity index (χ1) is 18.0. The van der Waals surface area contributed by atoms with Gasteiger partial charge < -0.3 is 20.1 Å². The van der Waals surface area contributed by atoms with E-state index >= 15 is 0 Å². The summed E-state index contributed by atoms with van der Waals surface area (Å²) in [6.45, 7) is 4.56. The van der Waals surface area contributed by atoms with Crippen molar-refractivity contribution in [2.45, 2.75) is 26.5 Å². The van der Waals surface area contributed by atoms with Gasteiger partial charge in [-0.15, -0.1) is 0 Å². The Labute approximate surface area is 219 Å². The third kappa shape index (κ3) is 5.15. The number of carbonyl (C=O) groups excluding carboxylic acids is 1. The molecule has 0 spiro atoms. The van der Waals surface area contributed by atoms with Gasteiger partial charge in [-0.2, -0.15) is 10.1 Å². The number of para-hydroxylation sites is 2. The summed E-state index contributed by atoms with van der Waals surface area (Å²) < 4.78 is 13.4. The van der Waals surface area contributed by atoms with Gasteiger partial charge in [-0.05, 0) is 49.7 Å². The zero-order valence-electron chi connectivity index (χ0n) is 20.4. The van der Waals surface area contributed by atoms with E-state index < -0.39 is 6.04 Å². The summed E-state index contributed by atoms with van der Waals surface area (Å²) >= 11 is 6.29. The highest BCUT2D eigenvalue weighted by atomic mass is 35.5. The van der Waals surface area contributed by atoms with Crippen LogP contribution in [0.25, 0.3) is 0 Å². The van der Waals surface area contributed by atoms with Crippen LogP contribution < -0.4 is 20.1 Å². The fourth-order valence-corrected chi connectivity index (χ4v) is 4.48. The van der Waals surface area contributed by atoms with Gasteiger partial charge in [0.15, 0.2) is 0 Å². The summed E-state index contributed by atoms with van der Waals surface area (Å²) in [4.78, 5) is 18.0. The molecule has 8 nitrogen and oxygen atoms in total. The van der Waals surface area contributed by atoms with E-state index in [4.69, 9.17) is 21.1 Å². The third-order valence-corrected chi connectivity index (χ3v) is 6.37.